The van der Waals surface area contributed by atoms with Crippen LogP contribution in [0.2, 0.25) is 0 Å². The first kappa shape index (κ1) is 16.6. The smallest absolute Gasteiger partial charge is 0.220 e. The van der Waals surface area contributed by atoms with Gasteiger partial charge in [-0.25, -0.2) is 0 Å². The van der Waals surface area contributed by atoms with E-state index in [1.807, 2.05) is 18.2 Å². The lowest BCUT2D eigenvalue weighted by Gasteiger charge is -2.30. The summed E-state index contributed by atoms with van der Waals surface area (Å²) in [5, 5.41) is 12.9. The van der Waals surface area contributed by atoms with E-state index in [1.165, 1.54) is 18.4 Å². The van der Waals surface area contributed by atoms with Crippen LogP contribution >= 0.6 is 0 Å². The zero-order chi connectivity index (χ0) is 16.8. The van der Waals surface area contributed by atoms with Gasteiger partial charge in [0.1, 0.15) is 5.75 Å². The minimum absolute atomic E-state index is 0.0560. The van der Waals surface area contributed by atoms with Gasteiger partial charge in [0.05, 0.1) is 0 Å². The van der Waals surface area contributed by atoms with Crippen LogP contribution in [-0.4, -0.2) is 17.6 Å². The zero-order valence-electron chi connectivity index (χ0n) is 14.0. The van der Waals surface area contributed by atoms with Crippen molar-refractivity contribution in [2.75, 3.05) is 6.54 Å². The fourth-order valence-corrected chi connectivity index (χ4v) is 3.74. The molecule has 0 atom stereocenters. The highest BCUT2D eigenvalue weighted by molar-refractivity contribution is 5.76. The quantitative estimate of drug-likeness (QED) is 0.845. The number of phenolic OH excluding ortho intramolecular Hbond substituents is 1. The predicted octanol–water partition coefficient (Wildman–Crippen LogP) is 3.95. The molecule has 3 rings (SSSR count). The van der Waals surface area contributed by atoms with E-state index in [2.05, 4.69) is 29.6 Å². The molecule has 1 aliphatic carbocycles. The molecule has 1 amide bonds. The number of nitrogens with one attached hydrogen (secondary N) is 1. The van der Waals surface area contributed by atoms with Gasteiger partial charge in [-0.05, 0) is 36.5 Å². The van der Waals surface area contributed by atoms with E-state index < -0.39 is 0 Å². The fraction of sp³-hybridized carbons (Fsp3) is 0.381. The topological polar surface area (TPSA) is 49.3 Å². The third-order valence-electron chi connectivity index (χ3n) is 5.18. The van der Waals surface area contributed by atoms with Crippen LogP contribution < -0.4 is 5.32 Å². The standard InChI is InChI=1S/C21H25NO2/c23-19-11-5-4-8-17(19)12-13-20(24)22-16-21(14-6-7-15-21)18-9-2-1-3-10-18/h1-5,8-11,23H,6-7,12-16H2,(H,22,24). The zero-order valence-corrected chi connectivity index (χ0v) is 14.0. The molecule has 0 bridgehead atoms. The van der Waals surface area contributed by atoms with Crippen LogP contribution in [0.15, 0.2) is 54.6 Å². The van der Waals surface area contributed by atoms with E-state index in [-0.39, 0.29) is 17.1 Å². The number of carbonyl (C=O) groups is 1. The molecule has 0 aromatic heterocycles. The second-order valence-corrected chi connectivity index (χ2v) is 6.76. The van der Waals surface area contributed by atoms with Crippen molar-refractivity contribution >= 4 is 5.91 Å². The summed E-state index contributed by atoms with van der Waals surface area (Å²) in [6, 6.07) is 17.8. The molecule has 0 heterocycles. The summed E-state index contributed by atoms with van der Waals surface area (Å²) in [5.74, 6) is 0.322. The van der Waals surface area contributed by atoms with Gasteiger partial charge in [0.25, 0.3) is 0 Å². The van der Waals surface area contributed by atoms with Gasteiger partial charge in [-0.2, -0.15) is 0 Å². The Hall–Kier alpha value is -2.29. The Morgan fingerprint density at radius 3 is 2.38 bits per heavy atom. The SMILES string of the molecule is O=C(CCc1ccccc1O)NCC1(c2ccccc2)CCCC1. The van der Waals surface area contributed by atoms with Crippen molar-refractivity contribution in [1.82, 2.24) is 5.32 Å². The highest BCUT2D eigenvalue weighted by atomic mass is 16.3. The molecule has 3 nitrogen and oxygen atoms in total. The first-order valence-electron chi connectivity index (χ1n) is 8.79. The molecular weight excluding hydrogens is 298 g/mol. The lowest BCUT2D eigenvalue weighted by atomic mass is 9.79. The molecular formula is C21H25NO2. The van der Waals surface area contributed by atoms with Crippen molar-refractivity contribution in [3.05, 3.63) is 65.7 Å². The number of phenols is 1. The van der Waals surface area contributed by atoms with Gasteiger partial charge in [-0.3, -0.25) is 4.79 Å². The van der Waals surface area contributed by atoms with Gasteiger partial charge in [0.2, 0.25) is 5.91 Å². The molecule has 1 saturated carbocycles. The lowest BCUT2D eigenvalue weighted by molar-refractivity contribution is -0.121. The second kappa shape index (κ2) is 7.52. The van der Waals surface area contributed by atoms with Crippen LogP contribution in [0.4, 0.5) is 0 Å². The average Bonchev–Trinajstić information content (AvgIpc) is 3.10. The Kier molecular flexibility index (Phi) is 5.19. The number of hydrogen-bond donors (Lipinski definition) is 2. The van der Waals surface area contributed by atoms with Crippen molar-refractivity contribution < 1.29 is 9.90 Å². The van der Waals surface area contributed by atoms with Crippen LogP contribution in [0.25, 0.3) is 0 Å². The monoisotopic (exact) mass is 323 g/mol. The normalized spacial score (nSPS) is 16.0. The van der Waals surface area contributed by atoms with Crippen molar-refractivity contribution in [3.8, 4) is 5.75 Å². The van der Waals surface area contributed by atoms with Gasteiger partial charge in [0.15, 0.2) is 0 Å². The Labute approximate surface area is 143 Å². The summed E-state index contributed by atoms with van der Waals surface area (Å²) in [6.45, 7) is 0.705. The molecule has 1 fully saturated rings. The number of aromatic hydroxyl groups is 1. The van der Waals surface area contributed by atoms with Crippen LogP contribution in [-0.2, 0) is 16.6 Å². The van der Waals surface area contributed by atoms with Crippen molar-refractivity contribution in [3.63, 3.8) is 0 Å². The molecule has 126 valence electrons. The summed E-state index contributed by atoms with van der Waals surface area (Å²) in [7, 11) is 0. The minimum Gasteiger partial charge on any atom is -0.508 e. The van der Waals surface area contributed by atoms with E-state index in [9.17, 15) is 9.90 Å². The Balaban J connectivity index is 1.57. The molecule has 2 N–H and O–H groups in total. The number of para-hydroxylation sites is 1. The van der Waals surface area contributed by atoms with Gasteiger partial charge in [0, 0.05) is 18.4 Å². The molecule has 0 aliphatic heterocycles. The average molecular weight is 323 g/mol. The minimum atomic E-state index is 0.0560. The molecule has 0 radical (unpaired) electrons. The summed E-state index contributed by atoms with van der Waals surface area (Å²) in [5.41, 5.74) is 2.25. The molecule has 2 aromatic rings. The number of hydrogen-bond acceptors (Lipinski definition) is 2. The summed E-state index contributed by atoms with van der Waals surface area (Å²) < 4.78 is 0. The molecule has 24 heavy (non-hydrogen) atoms. The van der Waals surface area contributed by atoms with Crippen LogP contribution in [0.1, 0.15) is 43.2 Å². The molecule has 0 saturated heterocycles. The van der Waals surface area contributed by atoms with E-state index >= 15 is 0 Å². The molecule has 0 spiro atoms. The lowest BCUT2D eigenvalue weighted by Crippen LogP contribution is -2.39. The Morgan fingerprint density at radius 2 is 1.67 bits per heavy atom. The van der Waals surface area contributed by atoms with Gasteiger partial charge in [-0.1, -0.05) is 61.4 Å². The summed E-state index contributed by atoms with van der Waals surface area (Å²) in [4.78, 5) is 12.3. The molecule has 0 unspecified atom stereocenters. The summed E-state index contributed by atoms with van der Waals surface area (Å²) >= 11 is 0. The molecule has 2 aromatic carbocycles. The van der Waals surface area contributed by atoms with Gasteiger partial charge in [-0.15, -0.1) is 0 Å². The number of rotatable bonds is 6. The molecule has 3 heteroatoms. The number of benzene rings is 2. The largest absolute Gasteiger partial charge is 0.508 e. The van der Waals surface area contributed by atoms with Gasteiger partial charge >= 0.3 is 0 Å². The highest BCUT2D eigenvalue weighted by Crippen LogP contribution is 2.40. The van der Waals surface area contributed by atoms with Crippen LogP contribution in [0.3, 0.4) is 0 Å². The maximum absolute atomic E-state index is 12.3. The number of aryl methyl sites for hydroxylation is 1. The highest BCUT2D eigenvalue weighted by Gasteiger charge is 2.35. The van der Waals surface area contributed by atoms with Crippen LogP contribution in [0, 0.1) is 0 Å². The second-order valence-electron chi connectivity index (χ2n) is 6.76. The maximum Gasteiger partial charge on any atom is 0.220 e. The Morgan fingerprint density at radius 1 is 1.00 bits per heavy atom. The van der Waals surface area contributed by atoms with E-state index in [4.69, 9.17) is 0 Å². The number of amides is 1. The van der Waals surface area contributed by atoms with Crippen LogP contribution in [0.5, 0.6) is 5.75 Å². The maximum atomic E-state index is 12.3. The first-order chi connectivity index (χ1) is 11.7. The fourth-order valence-electron chi connectivity index (χ4n) is 3.74. The Bertz CT molecular complexity index is 675. The van der Waals surface area contributed by atoms with Crippen molar-refractivity contribution in [2.24, 2.45) is 0 Å². The third kappa shape index (κ3) is 3.78. The van der Waals surface area contributed by atoms with Crippen molar-refractivity contribution in [2.45, 2.75) is 43.9 Å². The van der Waals surface area contributed by atoms with E-state index in [0.29, 0.717) is 19.4 Å². The first-order valence-corrected chi connectivity index (χ1v) is 8.79. The number of carbonyl (C=O) groups excluding carboxylic acids is 1. The van der Waals surface area contributed by atoms with E-state index in [1.54, 1.807) is 12.1 Å². The third-order valence-corrected chi connectivity index (χ3v) is 5.18. The predicted molar refractivity (Wildman–Crippen MR) is 96.0 cm³/mol. The van der Waals surface area contributed by atoms with Gasteiger partial charge < -0.3 is 10.4 Å². The summed E-state index contributed by atoms with van der Waals surface area (Å²) in [6.07, 6.45) is 5.69. The molecule has 1 aliphatic rings. The van der Waals surface area contributed by atoms with E-state index in [0.717, 1.165) is 18.4 Å². The van der Waals surface area contributed by atoms with Crippen molar-refractivity contribution in [1.29, 1.82) is 0 Å².